The number of fused-ring (bicyclic) bond motifs is 1. The van der Waals surface area contributed by atoms with Crippen molar-refractivity contribution < 1.29 is 23.9 Å². The molecule has 34 heavy (non-hydrogen) atoms. The Morgan fingerprint density at radius 3 is 1.71 bits per heavy atom. The Labute approximate surface area is 202 Å². The first-order valence-corrected chi connectivity index (χ1v) is 11.6. The van der Waals surface area contributed by atoms with Gasteiger partial charge in [-0.2, -0.15) is 0 Å². The van der Waals surface area contributed by atoms with E-state index in [1.165, 1.54) is 16.7 Å². The average Bonchev–Trinajstić information content (AvgIpc) is 2.76. The van der Waals surface area contributed by atoms with Crippen LogP contribution in [-0.4, -0.2) is 54.0 Å². The van der Waals surface area contributed by atoms with Crippen LogP contribution in [0.3, 0.4) is 0 Å². The predicted molar refractivity (Wildman–Crippen MR) is 132 cm³/mol. The van der Waals surface area contributed by atoms with Gasteiger partial charge in [-0.1, -0.05) is 39.8 Å². The van der Waals surface area contributed by atoms with Gasteiger partial charge in [-0.05, 0) is 51.7 Å². The molecule has 1 aliphatic rings. The normalized spacial score (nSPS) is 16.9. The lowest BCUT2D eigenvalue weighted by atomic mass is 9.87. The summed E-state index contributed by atoms with van der Waals surface area (Å²) in [6.45, 7) is 14.7. The quantitative estimate of drug-likeness (QED) is 0.586. The molecule has 0 radical (unpaired) electrons. The topological polar surface area (TPSA) is 122 Å². The van der Waals surface area contributed by atoms with E-state index >= 15 is 0 Å². The lowest BCUT2D eigenvalue weighted by Gasteiger charge is -2.33. The molecule has 0 saturated heterocycles. The number of nitrogens with one attached hydrogen (secondary N) is 1. The van der Waals surface area contributed by atoms with Crippen LogP contribution < -0.4 is 20.9 Å². The molecule has 9 heteroatoms. The van der Waals surface area contributed by atoms with E-state index in [0.29, 0.717) is 11.4 Å². The number of Topliss-reactive ketones (excluding diaryl/α,β-unsaturated/α-hetero) is 1. The Morgan fingerprint density at radius 1 is 0.941 bits per heavy atom. The van der Waals surface area contributed by atoms with Gasteiger partial charge < -0.3 is 25.6 Å². The van der Waals surface area contributed by atoms with Crippen molar-refractivity contribution in [3.05, 3.63) is 24.3 Å². The number of carbonyl (C=O) groups excluding carboxylic acids is 4. The first kappa shape index (κ1) is 27.3. The fourth-order valence-electron chi connectivity index (χ4n) is 3.85. The molecule has 2 rings (SSSR count). The molecule has 0 aromatic heterocycles. The van der Waals surface area contributed by atoms with Crippen LogP contribution in [0, 0.1) is 11.8 Å². The number of ketones is 1. The summed E-state index contributed by atoms with van der Waals surface area (Å²) in [6, 6.07) is 5.80. The van der Waals surface area contributed by atoms with E-state index in [0.717, 1.165) is 0 Å². The summed E-state index contributed by atoms with van der Waals surface area (Å²) in [4.78, 5) is 56.4. The van der Waals surface area contributed by atoms with Crippen LogP contribution in [0.1, 0.15) is 55.4 Å². The molecule has 0 spiro atoms. The maximum absolute atomic E-state index is 13.9. The second-order valence-corrected chi connectivity index (χ2v) is 10.6. The molecular formula is C25H38N4O5. The monoisotopic (exact) mass is 474 g/mol. The highest BCUT2D eigenvalue weighted by Crippen LogP contribution is 2.37. The third-order valence-corrected chi connectivity index (χ3v) is 5.24. The zero-order valence-corrected chi connectivity index (χ0v) is 21.5. The number of hydrogen-bond donors (Lipinski definition) is 2. The molecule has 3 N–H and O–H groups in total. The second kappa shape index (κ2) is 10.1. The van der Waals surface area contributed by atoms with Gasteiger partial charge >= 0.3 is 6.09 Å². The van der Waals surface area contributed by atoms with Gasteiger partial charge in [-0.15, -0.1) is 0 Å². The standard InChI is InChI=1S/C25H38N4O5/c1-15(2)13-28-18-11-9-10-12-19(18)29(14-16(3)4)22(32)25(26,21(28)31)20(30)17(5)27-23(33)34-24(6,7)8/h9-12,15-17H,13-14,26H2,1-8H3,(H,27,33)/t17-/m0/s1. The summed E-state index contributed by atoms with van der Waals surface area (Å²) in [5.41, 5.74) is 4.21. The van der Waals surface area contributed by atoms with Crippen molar-refractivity contribution in [2.45, 2.75) is 72.6 Å². The molecule has 1 aromatic rings. The van der Waals surface area contributed by atoms with E-state index in [1.807, 2.05) is 27.7 Å². The number of benzene rings is 1. The number of amides is 3. The molecule has 0 unspecified atom stereocenters. The number of ether oxygens (including phenoxy) is 1. The third-order valence-electron chi connectivity index (χ3n) is 5.24. The Bertz CT molecular complexity index is 902. The van der Waals surface area contributed by atoms with Gasteiger partial charge in [0.2, 0.25) is 5.54 Å². The lowest BCUT2D eigenvalue weighted by Crippen LogP contribution is -2.71. The zero-order chi connectivity index (χ0) is 26.0. The number of nitrogens with zero attached hydrogens (tertiary/aromatic N) is 2. The molecule has 0 saturated carbocycles. The molecule has 1 heterocycles. The van der Waals surface area contributed by atoms with Crippen molar-refractivity contribution >= 4 is 35.1 Å². The number of alkyl carbamates (subject to hydrolysis) is 1. The van der Waals surface area contributed by atoms with Crippen LogP contribution in [0.5, 0.6) is 0 Å². The Balaban J connectivity index is 2.58. The van der Waals surface area contributed by atoms with Crippen LogP contribution in [0.25, 0.3) is 0 Å². The van der Waals surface area contributed by atoms with E-state index in [9.17, 15) is 19.2 Å². The molecule has 1 aromatic carbocycles. The highest BCUT2D eigenvalue weighted by molar-refractivity contribution is 6.37. The molecular weight excluding hydrogens is 436 g/mol. The molecule has 9 nitrogen and oxygen atoms in total. The van der Waals surface area contributed by atoms with Crippen molar-refractivity contribution in [3.63, 3.8) is 0 Å². The minimum absolute atomic E-state index is 0.0421. The van der Waals surface area contributed by atoms with Crippen LogP contribution in [0.4, 0.5) is 16.2 Å². The van der Waals surface area contributed by atoms with Gasteiger partial charge in [0.1, 0.15) is 5.60 Å². The summed E-state index contributed by atoms with van der Waals surface area (Å²) >= 11 is 0. The van der Waals surface area contributed by atoms with Crippen molar-refractivity contribution in [1.29, 1.82) is 0 Å². The van der Waals surface area contributed by atoms with Gasteiger partial charge in [-0.3, -0.25) is 14.4 Å². The summed E-state index contributed by atoms with van der Waals surface area (Å²) in [6.07, 6.45) is -0.841. The lowest BCUT2D eigenvalue weighted by molar-refractivity contribution is -0.142. The number of rotatable bonds is 7. The molecule has 0 bridgehead atoms. The van der Waals surface area contributed by atoms with E-state index in [1.54, 1.807) is 45.0 Å². The summed E-state index contributed by atoms with van der Waals surface area (Å²) < 4.78 is 5.22. The number of nitrogens with two attached hydrogens (primary N) is 1. The molecule has 1 aliphatic heterocycles. The molecule has 3 amide bonds. The van der Waals surface area contributed by atoms with Gasteiger partial charge in [0, 0.05) is 13.1 Å². The molecule has 1 atom stereocenters. The summed E-state index contributed by atoms with van der Waals surface area (Å²) in [5.74, 6) is -2.44. The number of para-hydroxylation sites is 2. The first-order valence-electron chi connectivity index (χ1n) is 11.6. The third kappa shape index (κ3) is 5.75. The van der Waals surface area contributed by atoms with Gasteiger partial charge in [0.05, 0.1) is 17.4 Å². The maximum atomic E-state index is 13.9. The van der Waals surface area contributed by atoms with E-state index in [4.69, 9.17) is 10.5 Å². The zero-order valence-electron chi connectivity index (χ0n) is 21.5. The first-order chi connectivity index (χ1) is 15.6. The number of carbonyl (C=O) groups is 4. The summed E-state index contributed by atoms with van der Waals surface area (Å²) in [7, 11) is 0. The smallest absolute Gasteiger partial charge is 0.408 e. The Hall–Kier alpha value is -2.94. The van der Waals surface area contributed by atoms with E-state index < -0.39 is 40.9 Å². The van der Waals surface area contributed by atoms with Gasteiger partial charge in [0.15, 0.2) is 5.78 Å². The van der Waals surface area contributed by atoms with Crippen molar-refractivity contribution in [2.75, 3.05) is 22.9 Å². The molecule has 0 fully saturated rings. The highest BCUT2D eigenvalue weighted by Gasteiger charge is 2.57. The fourth-order valence-corrected chi connectivity index (χ4v) is 3.85. The van der Waals surface area contributed by atoms with Crippen molar-refractivity contribution in [2.24, 2.45) is 17.6 Å². The highest BCUT2D eigenvalue weighted by atomic mass is 16.6. The Kier molecular flexibility index (Phi) is 8.14. The SMILES string of the molecule is CC(C)CN1C(=O)C(N)(C(=O)[C@H](C)NC(=O)OC(C)(C)C)C(=O)N(CC(C)C)c2ccccc21. The summed E-state index contributed by atoms with van der Waals surface area (Å²) in [5, 5.41) is 2.42. The Morgan fingerprint density at radius 2 is 1.35 bits per heavy atom. The van der Waals surface area contributed by atoms with E-state index in [-0.39, 0.29) is 24.9 Å². The van der Waals surface area contributed by atoms with Crippen LogP contribution in [-0.2, 0) is 19.1 Å². The largest absolute Gasteiger partial charge is 0.444 e. The molecule has 0 aliphatic carbocycles. The van der Waals surface area contributed by atoms with Crippen LogP contribution >= 0.6 is 0 Å². The predicted octanol–water partition coefficient (Wildman–Crippen LogP) is 2.86. The van der Waals surface area contributed by atoms with Gasteiger partial charge in [0.25, 0.3) is 11.8 Å². The fraction of sp³-hybridized carbons (Fsp3) is 0.600. The van der Waals surface area contributed by atoms with Crippen molar-refractivity contribution in [3.8, 4) is 0 Å². The van der Waals surface area contributed by atoms with E-state index in [2.05, 4.69) is 5.32 Å². The number of hydrogen-bond acceptors (Lipinski definition) is 6. The molecule has 188 valence electrons. The second-order valence-electron chi connectivity index (χ2n) is 10.6. The van der Waals surface area contributed by atoms with Crippen LogP contribution in [0.15, 0.2) is 24.3 Å². The minimum atomic E-state index is -2.52. The van der Waals surface area contributed by atoms with Gasteiger partial charge in [-0.25, -0.2) is 4.79 Å². The minimum Gasteiger partial charge on any atom is -0.444 e. The number of anilines is 2. The van der Waals surface area contributed by atoms with Crippen molar-refractivity contribution in [1.82, 2.24) is 5.32 Å². The van der Waals surface area contributed by atoms with Crippen LogP contribution in [0.2, 0.25) is 0 Å². The maximum Gasteiger partial charge on any atom is 0.408 e. The average molecular weight is 475 g/mol.